The van der Waals surface area contributed by atoms with Crippen molar-refractivity contribution in [1.29, 1.82) is 0 Å². The maximum atomic E-state index is 13.1. The number of primary amides is 1. The first-order valence-electron chi connectivity index (χ1n) is 9.41. The Bertz CT molecular complexity index is 1030. The number of nitrogens with zero attached hydrogens (tertiary/aromatic N) is 3. The number of para-hydroxylation sites is 1. The largest absolute Gasteiger partial charge is 0.484 e. The SMILES string of the molecule is C=CCN1C(=O)[C@H]2C(c3ccc(OCC(N)=O)cc3)=NN(c3ccccc3)[C@H]2C1=O. The van der Waals surface area contributed by atoms with Crippen LogP contribution in [0.3, 0.4) is 0 Å². The van der Waals surface area contributed by atoms with Crippen LogP contribution in [0.2, 0.25) is 0 Å². The van der Waals surface area contributed by atoms with Gasteiger partial charge in [0.15, 0.2) is 6.61 Å². The van der Waals surface area contributed by atoms with Gasteiger partial charge >= 0.3 is 0 Å². The van der Waals surface area contributed by atoms with Gasteiger partial charge in [0, 0.05) is 6.54 Å². The monoisotopic (exact) mass is 404 g/mol. The molecule has 4 rings (SSSR count). The molecule has 0 aliphatic carbocycles. The highest BCUT2D eigenvalue weighted by Crippen LogP contribution is 2.37. The Kier molecular flexibility index (Phi) is 5.05. The molecule has 152 valence electrons. The molecule has 0 unspecified atom stereocenters. The second-order valence-electron chi connectivity index (χ2n) is 6.94. The number of carbonyl (C=O) groups excluding carboxylic acids is 3. The molecule has 2 aliphatic rings. The van der Waals surface area contributed by atoms with Gasteiger partial charge in [-0.2, -0.15) is 5.10 Å². The van der Waals surface area contributed by atoms with Crippen molar-refractivity contribution in [2.75, 3.05) is 18.2 Å². The van der Waals surface area contributed by atoms with Gasteiger partial charge < -0.3 is 10.5 Å². The third-order valence-corrected chi connectivity index (χ3v) is 5.00. The van der Waals surface area contributed by atoms with Gasteiger partial charge in [-0.3, -0.25) is 24.3 Å². The minimum Gasteiger partial charge on any atom is -0.484 e. The van der Waals surface area contributed by atoms with Crippen LogP contribution in [0.15, 0.2) is 72.4 Å². The van der Waals surface area contributed by atoms with Crippen LogP contribution in [-0.4, -0.2) is 47.5 Å². The van der Waals surface area contributed by atoms with E-state index in [9.17, 15) is 14.4 Å². The predicted molar refractivity (Wildman–Crippen MR) is 111 cm³/mol. The molecule has 30 heavy (non-hydrogen) atoms. The fourth-order valence-electron chi connectivity index (χ4n) is 3.69. The Morgan fingerprint density at radius 3 is 2.43 bits per heavy atom. The quantitative estimate of drug-likeness (QED) is 0.553. The smallest absolute Gasteiger partial charge is 0.255 e. The van der Waals surface area contributed by atoms with Crippen molar-refractivity contribution >= 4 is 29.1 Å². The topological polar surface area (TPSA) is 105 Å². The van der Waals surface area contributed by atoms with E-state index in [1.54, 1.807) is 29.3 Å². The Hall–Kier alpha value is -3.94. The number of anilines is 1. The average molecular weight is 404 g/mol. The van der Waals surface area contributed by atoms with E-state index in [4.69, 9.17) is 10.5 Å². The normalized spacial score (nSPS) is 20.2. The van der Waals surface area contributed by atoms with Crippen LogP contribution in [0.1, 0.15) is 5.56 Å². The average Bonchev–Trinajstić information content (AvgIpc) is 3.26. The molecule has 2 N–H and O–H groups in total. The number of hydrazone groups is 1. The summed E-state index contributed by atoms with van der Waals surface area (Å²) in [5, 5.41) is 6.27. The molecule has 8 nitrogen and oxygen atoms in total. The fraction of sp³-hybridized carbons (Fsp3) is 0.182. The van der Waals surface area contributed by atoms with Crippen LogP contribution in [0, 0.1) is 5.92 Å². The van der Waals surface area contributed by atoms with Crippen molar-refractivity contribution in [3.05, 3.63) is 72.8 Å². The minimum atomic E-state index is -0.736. The molecule has 0 spiro atoms. The van der Waals surface area contributed by atoms with Gasteiger partial charge in [0.1, 0.15) is 17.7 Å². The molecule has 0 aromatic heterocycles. The van der Waals surface area contributed by atoms with Crippen LogP contribution in [0.5, 0.6) is 5.75 Å². The van der Waals surface area contributed by atoms with Crippen molar-refractivity contribution in [1.82, 2.24) is 4.90 Å². The number of hydrogen-bond acceptors (Lipinski definition) is 6. The van der Waals surface area contributed by atoms with Crippen molar-refractivity contribution in [2.24, 2.45) is 16.8 Å². The lowest BCUT2D eigenvalue weighted by molar-refractivity contribution is -0.138. The highest BCUT2D eigenvalue weighted by molar-refractivity contribution is 6.25. The second kappa shape index (κ2) is 7.82. The summed E-state index contributed by atoms with van der Waals surface area (Å²) >= 11 is 0. The summed E-state index contributed by atoms with van der Waals surface area (Å²) in [4.78, 5) is 38.2. The Labute approximate surface area is 173 Å². The molecule has 0 bridgehead atoms. The minimum absolute atomic E-state index is 0.153. The highest BCUT2D eigenvalue weighted by atomic mass is 16.5. The lowest BCUT2D eigenvalue weighted by atomic mass is 9.93. The molecule has 0 saturated carbocycles. The number of likely N-dealkylation sites (tertiary alicyclic amines) is 1. The Balaban J connectivity index is 1.71. The molecule has 0 radical (unpaired) electrons. The summed E-state index contributed by atoms with van der Waals surface area (Å²) in [7, 11) is 0. The predicted octanol–water partition coefficient (Wildman–Crippen LogP) is 1.31. The number of ether oxygens (including phenoxy) is 1. The molecule has 1 fully saturated rings. The summed E-state index contributed by atoms with van der Waals surface area (Å²) in [6.07, 6.45) is 1.53. The maximum Gasteiger partial charge on any atom is 0.255 e. The lowest BCUT2D eigenvalue weighted by Crippen LogP contribution is -2.39. The number of rotatable bonds is 7. The van der Waals surface area contributed by atoms with Gasteiger partial charge in [0.2, 0.25) is 5.91 Å². The molecule has 3 amide bonds. The number of imide groups is 1. The van der Waals surface area contributed by atoms with Gasteiger partial charge in [0.25, 0.3) is 11.8 Å². The molecular formula is C22H20N4O4. The van der Waals surface area contributed by atoms with E-state index in [-0.39, 0.29) is 25.0 Å². The van der Waals surface area contributed by atoms with Crippen LogP contribution >= 0.6 is 0 Å². The van der Waals surface area contributed by atoms with Gasteiger partial charge in [0.05, 0.1) is 11.4 Å². The van der Waals surface area contributed by atoms with E-state index in [1.807, 2.05) is 30.3 Å². The van der Waals surface area contributed by atoms with Crippen molar-refractivity contribution in [3.8, 4) is 5.75 Å². The van der Waals surface area contributed by atoms with E-state index >= 15 is 0 Å². The second-order valence-corrected chi connectivity index (χ2v) is 6.94. The summed E-state index contributed by atoms with van der Waals surface area (Å²) < 4.78 is 5.28. The molecule has 2 aliphatic heterocycles. The Morgan fingerprint density at radius 1 is 1.10 bits per heavy atom. The van der Waals surface area contributed by atoms with Crippen molar-refractivity contribution in [3.63, 3.8) is 0 Å². The zero-order valence-electron chi connectivity index (χ0n) is 16.1. The van der Waals surface area contributed by atoms with E-state index < -0.39 is 17.9 Å². The summed E-state index contributed by atoms with van der Waals surface area (Å²) in [5.74, 6) is -1.41. The van der Waals surface area contributed by atoms with Crippen LogP contribution < -0.4 is 15.5 Å². The zero-order chi connectivity index (χ0) is 21.3. The first kappa shape index (κ1) is 19.4. The third kappa shape index (κ3) is 3.32. The number of hydrogen-bond donors (Lipinski definition) is 1. The van der Waals surface area contributed by atoms with E-state index in [1.165, 1.54) is 11.0 Å². The molecule has 2 heterocycles. The molecule has 2 aromatic rings. The first-order chi connectivity index (χ1) is 14.5. The number of fused-ring (bicyclic) bond motifs is 1. The van der Waals surface area contributed by atoms with Gasteiger partial charge in [-0.15, -0.1) is 6.58 Å². The number of nitrogens with two attached hydrogens (primary N) is 1. The summed E-state index contributed by atoms with van der Waals surface area (Å²) in [5.41, 5.74) is 7.02. The maximum absolute atomic E-state index is 13.1. The van der Waals surface area contributed by atoms with Gasteiger partial charge in [-0.1, -0.05) is 24.3 Å². The van der Waals surface area contributed by atoms with E-state index in [0.29, 0.717) is 17.0 Å². The lowest BCUT2D eigenvalue weighted by Gasteiger charge is -2.21. The Morgan fingerprint density at radius 2 is 1.80 bits per heavy atom. The third-order valence-electron chi connectivity index (χ3n) is 5.00. The fourth-order valence-corrected chi connectivity index (χ4v) is 3.69. The van der Waals surface area contributed by atoms with Crippen LogP contribution in [-0.2, 0) is 14.4 Å². The summed E-state index contributed by atoms with van der Waals surface area (Å²) in [6, 6.07) is 15.4. The molecular weight excluding hydrogens is 384 g/mol. The summed E-state index contributed by atoms with van der Waals surface area (Å²) in [6.45, 7) is 3.57. The van der Waals surface area contributed by atoms with E-state index in [2.05, 4.69) is 11.7 Å². The number of amides is 3. The van der Waals surface area contributed by atoms with Crippen LogP contribution in [0.4, 0.5) is 5.69 Å². The number of carbonyl (C=O) groups is 3. The molecule has 2 aromatic carbocycles. The highest BCUT2D eigenvalue weighted by Gasteiger charge is 2.56. The molecule has 8 heteroatoms. The van der Waals surface area contributed by atoms with Crippen LogP contribution in [0.25, 0.3) is 0 Å². The standard InChI is InChI=1S/C22H20N4O4/c1-2-12-25-21(28)18-19(14-8-10-16(11-9-14)30-13-17(23)27)24-26(20(18)22(25)29)15-6-4-3-5-7-15/h2-11,18,20H,1,12-13H2,(H2,23,27)/t18-,20+/m0/s1. The van der Waals surface area contributed by atoms with Crippen molar-refractivity contribution < 1.29 is 19.1 Å². The molecule has 1 saturated heterocycles. The van der Waals surface area contributed by atoms with E-state index in [0.717, 1.165) is 5.69 Å². The zero-order valence-corrected chi connectivity index (χ0v) is 16.1. The van der Waals surface area contributed by atoms with Gasteiger partial charge in [-0.05, 0) is 42.0 Å². The van der Waals surface area contributed by atoms with Gasteiger partial charge in [-0.25, -0.2) is 0 Å². The number of benzene rings is 2. The first-order valence-corrected chi connectivity index (χ1v) is 9.41. The molecule has 2 atom stereocenters. The van der Waals surface area contributed by atoms with Crippen molar-refractivity contribution in [2.45, 2.75) is 6.04 Å².